The first-order valence-electron chi connectivity index (χ1n) is 6.23. The summed E-state index contributed by atoms with van der Waals surface area (Å²) in [5, 5.41) is 15.7. The molecule has 0 fully saturated rings. The smallest absolute Gasteiger partial charge is 0.231 e. The van der Waals surface area contributed by atoms with E-state index in [4.69, 9.17) is 5.11 Å². The van der Waals surface area contributed by atoms with Gasteiger partial charge in [0.1, 0.15) is 0 Å². The molecule has 0 aliphatic rings. The van der Waals surface area contributed by atoms with Gasteiger partial charge in [-0.1, -0.05) is 12.1 Å². The Balaban J connectivity index is 1.98. The normalized spacial score (nSPS) is 12.1. The van der Waals surface area contributed by atoms with Crippen LogP contribution in [-0.4, -0.2) is 17.6 Å². The van der Waals surface area contributed by atoms with Gasteiger partial charge in [0.15, 0.2) is 0 Å². The number of hydrogen-bond donors (Lipinski definition) is 2. The summed E-state index contributed by atoms with van der Waals surface area (Å²) in [6.45, 7) is 2.04. The molecule has 0 saturated carbocycles. The molecule has 0 aliphatic heterocycles. The van der Waals surface area contributed by atoms with Crippen LogP contribution in [-0.2, 0) is 11.2 Å². The van der Waals surface area contributed by atoms with E-state index in [0.29, 0.717) is 6.42 Å². The lowest BCUT2D eigenvalue weighted by Gasteiger charge is -2.11. The molecule has 0 aliphatic carbocycles. The van der Waals surface area contributed by atoms with E-state index < -0.39 is 0 Å². The van der Waals surface area contributed by atoms with Crippen LogP contribution in [0.2, 0.25) is 0 Å². The number of nitrogens with one attached hydrogen (secondary N) is 1. The molecule has 1 aromatic carbocycles. The van der Waals surface area contributed by atoms with Gasteiger partial charge in [0.05, 0.1) is 5.92 Å². The minimum atomic E-state index is -0.150. The van der Waals surface area contributed by atoms with Gasteiger partial charge >= 0.3 is 0 Å². The molecule has 1 amide bonds. The first-order valence-corrected chi connectivity index (χ1v) is 7.17. The molecule has 0 radical (unpaired) electrons. The summed E-state index contributed by atoms with van der Waals surface area (Å²) in [4.78, 5) is 12.1. The number of amides is 1. The largest absolute Gasteiger partial charge is 0.396 e. The van der Waals surface area contributed by atoms with Gasteiger partial charge in [-0.15, -0.1) is 0 Å². The number of anilines is 1. The monoisotopic (exact) mass is 275 g/mol. The molecular formula is C15H17NO2S. The van der Waals surface area contributed by atoms with Crippen molar-refractivity contribution in [3.63, 3.8) is 0 Å². The molecule has 0 spiro atoms. The number of rotatable bonds is 5. The fourth-order valence-corrected chi connectivity index (χ4v) is 2.56. The third kappa shape index (κ3) is 3.66. The van der Waals surface area contributed by atoms with Gasteiger partial charge in [-0.3, -0.25) is 4.79 Å². The number of hydrogen-bond acceptors (Lipinski definition) is 3. The summed E-state index contributed by atoms with van der Waals surface area (Å²) >= 11 is 1.60. The van der Waals surface area contributed by atoms with Crippen molar-refractivity contribution in [2.75, 3.05) is 11.9 Å². The van der Waals surface area contributed by atoms with Gasteiger partial charge in [0, 0.05) is 12.3 Å². The summed E-state index contributed by atoms with van der Waals surface area (Å²) in [7, 11) is 0. The van der Waals surface area contributed by atoms with Gasteiger partial charge < -0.3 is 10.4 Å². The van der Waals surface area contributed by atoms with E-state index in [0.717, 1.165) is 16.8 Å². The maximum Gasteiger partial charge on any atom is 0.231 e. The number of carbonyl (C=O) groups excluding carboxylic acids is 1. The Morgan fingerprint density at radius 1 is 1.32 bits per heavy atom. The maximum atomic E-state index is 12.1. The lowest BCUT2D eigenvalue weighted by Crippen LogP contribution is -2.18. The van der Waals surface area contributed by atoms with E-state index >= 15 is 0 Å². The zero-order chi connectivity index (χ0) is 13.7. The van der Waals surface area contributed by atoms with Crippen LogP contribution in [0, 0.1) is 0 Å². The number of aliphatic hydroxyl groups is 1. The van der Waals surface area contributed by atoms with Crippen LogP contribution in [0.15, 0.2) is 41.1 Å². The van der Waals surface area contributed by atoms with Gasteiger partial charge in [-0.25, -0.2) is 0 Å². The zero-order valence-corrected chi connectivity index (χ0v) is 11.6. The van der Waals surface area contributed by atoms with Crippen LogP contribution in [0.1, 0.15) is 24.0 Å². The Kier molecular flexibility index (Phi) is 4.71. The van der Waals surface area contributed by atoms with Crippen molar-refractivity contribution in [1.29, 1.82) is 0 Å². The first-order chi connectivity index (χ1) is 9.20. The third-order valence-corrected chi connectivity index (χ3v) is 3.76. The minimum absolute atomic E-state index is 0.00620. The third-order valence-electron chi connectivity index (χ3n) is 3.06. The van der Waals surface area contributed by atoms with Crippen LogP contribution in [0.4, 0.5) is 5.69 Å². The molecule has 4 heteroatoms. The van der Waals surface area contributed by atoms with Crippen LogP contribution >= 0.6 is 11.3 Å². The molecule has 2 N–H and O–H groups in total. The van der Waals surface area contributed by atoms with E-state index in [-0.39, 0.29) is 18.4 Å². The van der Waals surface area contributed by atoms with Gasteiger partial charge in [-0.2, -0.15) is 11.3 Å². The second kappa shape index (κ2) is 6.50. The maximum absolute atomic E-state index is 12.1. The van der Waals surface area contributed by atoms with Crippen LogP contribution in [0.5, 0.6) is 0 Å². The fourth-order valence-electron chi connectivity index (χ4n) is 1.81. The molecular weight excluding hydrogens is 258 g/mol. The highest BCUT2D eigenvalue weighted by Gasteiger charge is 2.15. The fraction of sp³-hybridized carbons (Fsp3) is 0.267. The van der Waals surface area contributed by atoms with Crippen molar-refractivity contribution in [2.45, 2.75) is 19.3 Å². The average Bonchev–Trinajstić information content (AvgIpc) is 2.94. The van der Waals surface area contributed by atoms with Crippen LogP contribution in [0.3, 0.4) is 0 Å². The van der Waals surface area contributed by atoms with E-state index in [1.54, 1.807) is 11.3 Å². The van der Waals surface area contributed by atoms with Gasteiger partial charge in [-0.05, 0) is 53.4 Å². The Bertz CT molecular complexity index is 520. The summed E-state index contributed by atoms with van der Waals surface area (Å²) in [6.07, 6.45) is 0.638. The molecule has 100 valence electrons. The van der Waals surface area contributed by atoms with Crippen molar-refractivity contribution in [1.82, 2.24) is 0 Å². The predicted molar refractivity (Wildman–Crippen MR) is 78.6 cm³/mol. The number of benzene rings is 1. The highest BCUT2D eigenvalue weighted by molar-refractivity contribution is 7.08. The van der Waals surface area contributed by atoms with Crippen molar-refractivity contribution >= 4 is 22.9 Å². The van der Waals surface area contributed by atoms with Crippen molar-refractivity contribution in [3.8, 4) is 0 Å². The minimum Gasteiger partial charge on any atom is -0.396 e. The second-order valence-corrected chi connectivity index (χ2v) is 5.22. The van der Waals surface area contributed by atoms with Gasteiger partial charge in [0.2, 0.25) is 5.91 Å². The Morgan fingerprint density at radius 3 is 2.63 bits per heavy atom. The topological polar surface area (TPSA) is 49.3 Å². The number of aliphatic hydroxyl groups excluding tert-OH is 1. The molecule has 2 aromatic rings. The molecule has 2 rings (SSSR count). The summed E-state index contributed by atoms with van der Waals surface area (Å²) in [5.74, 6) is -0.156. The molecule has 1 aromatic heterocycles. The highest BCUT2D eigenvalue weighted by Crippen LogP contribution is 2.20. The molecule has 0 bridgehead atoms. The molecule has 3 nitrogen and oxygen atoms in total. The van der Waals surface area contributed by atoms with E-state index in [1.807, 2.05) is 48.0 Å². The molecule has 19 heavy (non-hydrogen) atoms. The van der Waals surface area contributed by atoms with Crippen molar-refractivity contribution < 1.29 is 9.90 Å². The lowest BCUT2D eigenvalue weighted by atomic mass is 10.0. The standard InChI is InChI=1S/C15H17NO2S/c1-11(13-7-9-19-10-13)15(18)16-14-4-2-12(3-5-14)6-8-17/h2-5,7,9-11,17H,6,8H2,1H3,(H,16,18). The predicted octanol–water partition coefficient (Wildman–Crippen LogP) is 3.03. The van der Waals surface area contributed by atoms with Gasteiger partial charge in [0.25, 0.3) is 0 Å². The zero-order valence-electron chi connectivity index (χ0n) is 10.8. The molecule has 1 atom stereocenters. The van der Waals surface area contributed by atoms with E-state index in [1.165, 1.54) is 0 Å². The van der Waals surface area contributed by atoms with E-state index in [2.05, 4.69) is 5.32 Å². The number of carbonyl (C=O) groups is 1. The Hall–Kier alpha value is -1.65. The van der Waals surface area contributed by atoms with Crippen LogP contribution < -0.4 is 5.32 Å². The first kappa shape index (κ1) is 13.8. The molecule has 1 unspecified atom stereocenters. The Labute approximate surface area is 116 Å². The molecule has 0 saturated heterocycles. The quantitative estimate of drug-likeness (QED) is 0.881. The molecule has 1 heterocycles. The van der Waals surface area contributed by atoms with E-state index in [9.17, 15) is 4.79 Å². The average molecular weight is 275 g/mol. The van der Waals surface area contributed by atoms with Crippen LogP contribution in [0.25, 0.3) is 0 Å². The Morgan fingerprint density at radius 2 is 2.05 bits per heavy atom. The SMILES string of the molecule is CC(C(=O)Nc1ccc(CCO)cc1)c1ccsc1. The second-order valence-electron chi connectivity index (χ2n) is 4.44. The summed E-state index contributed by atoms with van der Waals surface area (Å²) < 4.78 is 0. The highest BCUT2D eigenvalue weighted by atomic mass is 32.1. The summed E-state index contributed by atoms with van der Waals surface area (Å²) in [6, 6.07) is 9.54. The lowest BCUT2D eigenvalue weighted by molar-refractivity contribution is -0.117. The number of thiophene rings is 1. The van der Waals surface area contributed by atoms with Crippen molar-refractivity contribution in [2.24, 2.45) is 0 Å². The van der Waals surface area contributed by atoms with Crippen molar-refractivity contribution in [3.05, 3.63) is 52.2 Å². The summed E-state index contributed by atoms with van der Waals surface area (Å²) in [5.41, 5.74) is 2.89.